The van der Waals surface area contributed by atoms with Crippen LogP contribution in [0.3, 0.4) is 0 Å². The molecule has 1 aliphatic rings. The van der Waals surface area contributed by atoms with E-state index in [1.165, 1.54) is 28.6 Å². The summed E-state index contributed by atoms with van der Waals surface area (Å²) >= 11 is 0. The summed E-state index contributed by atoms with van der Waals surface area (Å²) in [6.45, 7) is 7.69. The Morgan fingerprint density at radius 1 is 1.08 bits per heavy atom. The summed E-state index contributed by atoms with van der Waals surface area (Å²) in [7, 11) is -4.10. The fourth-order valence-corrected chi connectivity index (χ4v) is 6.50. The largest absolute Gasteiger partial charge is 0.462 e. The number of sulfonamides is 1. The quantitative estimate of drug-likeness (QED) is 0.375. The first-order valence-corrected chi connectivity index (χ1v) is 13.8. The zero-order valence-corrected chi connectivity index (χ0v) is 22.0. The molecule has 0 aliphatic heterocycles. The molecule has 0 saturated heterocycles. The number of hydrogen-bond acceptors (Lipinski definition) is 5. The maximum absolute atomic E-state index is 14.3. The number of nitrogens with two attached hydrogens (primary N) is 1. The first-order chi connectivity index (χ1) is 17.8. The molecule has 6 nitrogen and oxygen atoms in total. The van der Waals surface area contributed by atoms with Crippen molar-refractivity contribution in [3.63, 3.8) is 0 Å². The fraction of sp³-hybridized carbons (Fsp3) is 0.233. The third-order valence-electron chi connectivity index (χ3n) is 6.75. The fourth-order valence-electron chi connectivity index (χ4n) is 4.85. The van der Waals surface area contributed by atoms with Crippen LogP contribution in [-0.2, 0) is 21.2 Å². The molecule has 0 spiro atoms. The van der Waals surface area contributed by atoms with E-state index in [0.717, 1.165) is 35.1 Å². The predicted molar refractivity (Wildman–Crippen MR) is 147 cm³/mol. The molecule has 0 unspecified atom stereocenters. The van der Waals surface area contributed by atoms with Gasteiger partial charge >= 0.3 is 5.97 Å². The summed E-state index contributed by atoms with van der Waals surface area (Å²) in [5, 5.41) is 0. The first-order valence-electron chi connectivity index (χ1n) is 12.4. The van der Waals surface area contributed by atoms with Gasteiger partial charge < -0.3 is 10.5 Å². The Hall–Kier alpha value is -3.84. The van der Waals surface area contributed by atoms with Gasteiger partial charge in [0, 0.05) is 0 Å². The molecular formula is C30H32N2O4S. The second kappa shape index (κ2) is 11.0. The second-order valence-corrected chi connectivity index (χ2v) is 10.8. The van der Waals surface area contributed by atoms with E-state index in [4.69, 9.17) is 10.5 Å². The first kappa shape index (κ1) is 26.2. The number of carbonyl (C=O) groups is 1. The second-order valence-electron chi connectivity index (χ2n) is 8.95. The number of hydrogen-bond donors (Lipinski definition) is 1. The van der Waals surface area contributed by atoms with E-state index >= 15 is 0 Å². The number of esters is 1. The lowest BCUT2D eigenvalue weighted by Crippen LogP contribution is -2.39. The lowest BCUT2D eigenvalue weighted by atomic mass is 9.87. The number of ether oxygens (including phenoxy) is 1. The topological polar surface area (TPSA) is 89.7 Å². The number of carbonyl (C=O) groups excluding carboxylic acids is 1. The predicted octanol–water partition coefficient (Wildman–Crippen LogP) is 5.92. The molecule has 0 saturated carbocycles. The molecule has 192 valence electrons. The smallest absolute Gasteiger partial charge is 0.338 e. The zero-order valence-electron chi connectivity index (χ0n) is 21.2. The van der Waals surface area contributed by atoms with Gasteiger partial charge in [-0.2, -0.15) is 0 Å². The van der Waals surface area contributed by atoms with E-state index in [-0.39, 0.29) is 22.9 Å². The van der Waals surface area contributed by atoms with Gasteiger partial charge in [0.15, 0.2) is 0 Å². The minimum atomic E-state index is -4.10. The van der Waals surface area contributed by atoms with Crippen LogP contribution in [0.5, 0.6) is 0 Å². The molecule has 4 rings (SSSR count). The maximum Gasteiger partial charge on any atom is 0.338 e. The highest BCUT2D eigenvalue weighted by atomic mass is 32.2. The molecule has 7 heteroatoms. The number of aryl methyl sites for hydroxylation is 1. The molecule has 0 amide bonds. The van der Waals surface area contributed by atoms with E-state index in [1.54, 1.807) is 13.0 Å². The van der Waals surface area contributed by atoms with Crippen LogP contribution in [0.15, 0.2) is 90.1 Å². The Morgan fingerprint density at radius 2 is 1.76 bits per heavy atom. The van der Waals surface area contributed by atoms with Crippen molar-refractivity contribution in [2.45, 2.75) is 44.0 Å². The number of fused-ring (bicyclic) bond motifs is 1. The monoisotopic (exact) mass is 516 g/mol. The van der Waals surface area contributed by atoms with Gasteiger partial charge in [-0.25, -0.2) is 17.5 Å². The summed E-state index contributed by atoms with van der Waals surface area (Å²) in [5.74, 6) is -0.341. The molecule has 0 bridgehead atoms. The molecule has 37 heavy (non-hydrogen) atoms. The van der Waals surface area contributed by atoms with Crippen molar-refractivity contribution in [3.8, 4) is 0 Å². The highest BCUT2D eigenvalue weighted by Gasteiger charge is 2.36. The summed E-state index contributed by atoms with van der Waals surface area (Å²) in [4.78, 5) is 12.2. The molecule has 0 aromatic heterocycles. The SMILES string of the molecule is C=Cc1ccccc1/C(C)=C(\N)N([C@H]1CCCc2ccccc21)S(=O)(=O)c1ccc(C(=O)OCC)cc1. The van der Waals surface area contributed by atoms with Gasteiger partial charge in [0.1, 0.15) is 5.82 Å². The van der Waals surface area contributed by atoms with Crippen LogP contribution in [0.1, 0.15) is 65.3 Å². The van der Waals surface area contributed by atoms with E-state index in [9.17, 15) is 13.2 Å². The zero-order chi connectivity index (χ0) is 26.6. The van der Waals surface area contributed by atoms with Gasteiger partial charge in [-0.05, 0) is 85.2 Å². The van der Waals surface area contributed by atoms with E-state index in [1.807, 2.05) is 55.5 Å². The summed E-state index contributed by atoms with van der Waals surface area (Å²) in [5.41, 5.74) is 11.4. The van der Waals surface area contributed by atoms with Crippen LogP contribution in [0.25, 0.3) is 11.6 Å². The van der Waals surface area contributed by atoms with E-state index < -0.39 is 22.0 Å². The van der Waals surface area contributed by atoms with Gasteiger partial charge in [-0.1, -0.05) is 61.2 Å². The summed E-state index contributed by atoms with van der Waals surface area (Å²) in [6, 6.07) is 20.9. The van der Waals surface area contributed by atoms with Crippen molar-refractivity contribution in [1.82, 2.24) is 4.31 Å². The van der Waals surface area contributed by atoms with Crippen LogP contribution in [0.4, 0.5) is 0 Å². The molecule has 0 radical (unpaired) electrons. The van der Waals surface area contributed by atoms with Gasteiger partial charge in [0.25, 0.3) is 10.0 Å². The van der Waals surface area contributed by atoms with E-state index in [0.29, 0.717) is 12.0 Å². The highest BCUT2D eigenvalue weighted by Crippen LogP contribution is 2.40. The average molecular weight is 517 g/mol. The Kier molecular flexibility index (Phi) is 7.83. The Balaban J connectivity index is 1.88. The van der Waals surface area contributed by atoms with Crippen LogP contribution in [0, 0.1) is 0 Å². The lowest BCUT2D eigenvalue weighted by Gasteiger charge is -2.37. The van der Waals surface area contributed by atoms with Crippen molar-refractivity contribution >= 4 is 27.6 Å². The van der Waals surface area contributed by atoms with Crippen molar-refractivity contribution in [1.29, 1.82) is 0 Å². The minimum absolute atomic E-state index is 0.0522. The molecule has 2 N–H and O–H groups in total. The molecule has 0 heterocycles. The minimum Gasteiger partial charge on any atom is -0.462 e. The standard InChI is InChI=1S/C30H32N2O4S/c1-4-22-11-6-8-14-26(22)21(3)29(31)32(28-16-10-13-23-12-7-9-15-27(23)28)37(34,35)25-19-17-24(18-20-25)30(33)36-5-2/h4,6-9,11-12,14-15,17-20,28H,1,5,10,13,16,31H2,2-3H3/b29-21+/t28-/m0/s1. The molecule has 1 atom stereocenters. The molecular weight excluding hydrogens is 484 g/mol. The Morgan fingerprint density at radius 3 is 2.46 bits per heavy atom. The Bertz CT molecular complexity index is 1440. The number of rotatable bonds is 8. The molecule has 0 fully saturated rings. The third kappa shape index (κ3) is 5.18. The van der Waals surface area contributed by atoms with Crippen LogP contribution in [-0.4, -0.2) is 25.3 Å². The molecule has 3 aromatic rings. The molecule has 1 aliphatic carbocycles. The van der Waals surface area contributed by atoms with Crippen molar-refractivity contribution in [2.75, 3.05) is 6.61 Å². The van der Waals surface area contributed by atoms with Crippen molar-refractivity contribution in [3.05, 3.63) is 113 Å². The van der Waals surface area contributed by atoms with Crippen molar-refractivity contribution < 1.29 is 17.9 Å². The van der Waals surface area contributed by atoms with Gasteiger partial charge in [0.05, 0.1) is 23.1 Å². The van der Waals surface area contributed by atoms with E-state index in [2.05, 4.69) is 6.58 Å². The normalized spacial score (nSPS) is 15.8. The van der Waals surface area contributed by atoms with Crippen LogP contribution >= 0.6 is 0 Å². The van der Waals surface area contributed by atoms with Gasteiger partial charge in [-0.15, -0.1) is 0 Å². The highest BCUT2D eigenvalue weighted by molar-refractivity contribution is 7.89. The van der Waals surface area contributed by atoms with Crippen LogP contribution < -0.4 is 5.73 Å². The maximum atomic E-state index is 14.3. The molecule has 3 aromatic carbocycles. The lowest BCUT2D eigenvalue weighted by molar-refractivity contribution is 0.0526. The summed E-state index contributed by atoms with van der Waals surface area (Å²) in [6.07, 6.45) is 4.09. The van der Waals surface area contributed by atoms with Gasteiger partial charge in [0.2, 0.25) is 0 Å². The Labute approximate surface area is 219 Å². The van der Waals surface area contributed by atoms with Crippen LogP contribution in [0.2, 0.25) is 0 Å². The number of benzene rings is 3. The number of allylic oxidation sites excluding steroid dienone is 1. The average Bonchev–Trinajstić information content (AvgIpc) is 2.93. The third-order valence-corrected chi connectivity index (χ3v) is 8.59. The van der Waals surface area contributed by atoms with Gasteiger partial charge in [-0.3, -0.25) is 0 Å². The summed E-state index contributed by atoms with van der Waals surface area (Å²) < 4.78 is 34.9. The van der Waals surface area contributed by atoms with Crippen molar-refractivity contribution in [2.24, 2.45) is 5.73 Å². The number of nitrogens with zero attached hydrogens (tertiary/aromatic N) is 1.